The molecule has 0 atom stereocenters. The molecule has 19 heavy (non-hydrogen) atoms. The molecular formula is C13H12FN3O2. The van der Waals surface area contributed by atoms with Crippen LogP contribution in [0.3, 0.4) is 0 Å². The second-order valence-corrected chi connectivity index (χ2v) is 3.99. The number of pyridine rings is 1. The lowest BCUT2D eigenvalue weighted by molar-refractivity contribution is 0.100. The highest BCUT2D eigenvalue weighted by Crippen LogP contribution is 2.24. The molecule has 0 radical (unpaired) electrons. The Balaban J connectivity index is 2.50. The number of aliphatic hydroxyl groups excluding tert-OH is 1. The molecule has 0 bridgehead atoms. The van der Waals surface area contributed by atoms with Crippen LogP contribution in [0.5, 0.6) is 0 Å². The Labute approximate surface area is 108 Å². The van der Waals surface area contributed by atoms with Crippen LogP contribution >= 0.6 is 0 Å². The molecule has 0 saturated heterocycles. The number of halogens is 1. The van der Waals surface area contributed by atoms with Gasteiger partial charge in [-0.3, -0.25) is 4.79 Å². The lowest BCUT2D eigenvalue weighted by Crippen LogP contribution is -2.14. The van der Waals surface area contributed by atoms with Gasteiger partial charge in [-0.2, -0.15) is 0 Å². The monoisotopic (exact) mass is 261 g/mol. The van der Waals surface area contributed by atoms with E-state index in [-0.39, 0.29) is 23.6 Å². The van der Waals surface area contributed by atoms with E-state index in [1.54, 1.807) is 6.07 Å². The van der Waals surface area contributed by atoms with Crippen molar-refractivity contribution in [2.75, 3.05) is 5.73 Å². The molecule has 0 saturated carbocycles. The first-order chi connectivity index (χ1) is 9.02. The zero-order valence-electron chi connectivity index (χ0n) is 9.93. The number of hydrogen-bond donors (Lipinski definition) is 3. The van der Waals surface area contributed by atoms with Crippen LogP contribution in [0.2, 0.25) is 0 Å². The van der Waals surface area contributed by atoms with Crippen LogP contribution in [0.15, 0.2) is 30.5 Å². The Kier molecular flexibility index (Phi) is 3.43. The summed E-state index contributed by atoms with van der Waals surface area (Å²) < 4.78 is 13.6. The van der Waals surface area contributed by atoms with Crippen molar-refractivity contribution in [1.82, 2.24) is 4.98 Å². The van der Waals surface area contributed by atoms with Crippen LogP contribution in [-0.4, -0.2) is 16.0 Å². The van der Waals surface area contributed by atoms with Crippen molar-refractivity contribution in [1.29, 1.82) is 0 Å². The number of amides is 1. The van der Waals surface area contributed by atoms with Gasteiger partial charge in [0, 0.05) is 17.3 Å². The normalized spacial score (nSPS) is 10.4. The lowest BCUT2D eigenvalue weighted by atomic mass is 10.0. The summed E-state index contributed by atoms with van der Waals surface area (Å²) >= 11 is 0. The van der Waals surface area contributed by atoms with Crippen molar-refractivity contribution in [3.8, 4) is 11.1 Å². The number of rotatable bonds is 3. The number of aromatic nitrogens is 1. The van der Waals surface area contributed by atoms with Gasteiger partial charge in [0.25, 0.3) is 5.91 Å². The average molecular weight is 261 g/mol. The average Bonchev–Trinajstić information content (AvgIpc) is 2.38. The summed E-state index contributed by atoms with van der Waals surface area (Å²) in [4.78, 5) is 15.0. The molecule has 1 heterocycles. The maximum Gasteiger partial charge on any atom is 0.252 e. The molecule has 6 heteroatoms. The Morgan fingerprint density at radius 3 is 2.63 bits per heavy atom. The van der Waals surface area contributed by atoms with E-state index >= 15 is 0 Å². The molecule has 0 aliphatic carbocycles. The number of hydrogen-bond acceptors (Lipinski definition) is 4. The van der Waals surface area contributed by atoms with E-state index in [0.717, 1.165) is 0 Å². The second kappa shape index (κ2) is 5.03. The molecule has 0 aliphatic rings. The van der Waals surface area contributed by atoms with E-state index in [1.807, 2.05) is 0 Å². The molecule has 0 aliphatic heterocycles. The molecule has 1 amide bonds. The van der Waals surface area contributed by atoms with Gasteiger partial charge in [-0.05, 0) is 17.7 Å². The molecule has 98 valence electrons. The minimum absolute atomic E-state index is 0.0312. The fraction of sp³-hybridized carbons (Fsp3) is 0.0769. The van der Waals surface area contributed by atoms with E-state index in [2.05, 4.69) is 4.98 Å². The summed E-state index contributed by atoms with van der Waals surface area (Å²) in [7, 11) is 0. The van der Waals surface area contributed by atoms with Gasteiger partial charge in [-0.15, -0.1) is 0 Å². The third-order valence-electron chi connectivity index (χ3n) is 2.74. The van der Waals surface area contributed by atoms with Crippen LogP contribution in [-0.2, 0) is 6.61 Å². The summed E-state index contributed by atoms with van der Waals surface area (Å²) in [5, 5.41) is 8.90. The van der Waals surface area contributed by atoms with Crippen molar-refractivity contribution in [2.45, 2.75) is 6.61 Å². The number of nitrogens with two attached hydrogens (primary N) is 2. The van der Waals surface area contributed by atoms with Gasteiger partial charge in [0.2, 0.25) is 0 Å². The smallest absolute Gasteiger partial charge is 0.252 e. The number of aliphatic hydroxyl groups is 1. The van der Waals surface area contributed by atoms with Crippen molar-refractivity contribution in [3.05, 3.63) is 47.4 Å². The lowest BCUT2D eigenvalue weighted by Gasteiger charge is -2.07. The highest BCUT2D eigenvalue weighted by Gasteiger charge is 2.10. The van der Waals surface area contributed by atoms with Gasteiger partial charge < -0.3 is 16.6 Å². The topological polar surface area (TPSA) is 102 Å². The first-order valence-electron chi connectivity index (χ1n) is 5.48. The van der Waals surface area contributed by atoms with E-state index in [0.29, 0.717) is 11.1 Å². The highest BCUT2D eigenvalue weighted by atomic mass is 19.1. The number of benzene rings is 1. The van der Waals surface area contributed by atoms with E-state index in [9.17, 15) is 9.18 Å². The second-order valence-electron chi connectivity index (χ2n) is 3.99. The molecule has 0 spiro atoms. The predicted octanol–water partition coefficient (Wildman–Crippen LogP) is 1.06. The van der Waals surface area contributed by atoms with Crippen molar-refractivity contribution in [3.63, 3.8) is 0 Å². The Morgan fingerprint density at radius 1 is 1.32 bits per heavy atom. The van der Waals surface area contributed by atoms with Gasteiger partial charge >= 0.3 is 0 Å². The maximum absolute atomic E-state index is 13.6. The number of carbonyl (C=O) groups is 1. The quantitative estimate of drug-likeness (QED) is 0.768. The fourth-order valence-electron chi connectivity index (χ4n) is 1.69. The van der Waals surface area contributed by atoms with Gasteiger partial charge in [0.1, 0.15) is 11.6 Å². The summed E-state index contributed by atoms with van der Waals surface area (Å²) in [6.45, 7) is -0.376. The number of primary amides is 1. The third-order valence-corrected chi connectivity index (χ3v) is 2.74. The fourth-order valence-corrected chi connectivity index (χ4v) is 1.69. The number of nitrogens with zero attached hydrogens (tertiary/aromatic N) is 1. The molecule has 5 nitrogen and oxygen atoms in total. The molecule has 1 aromatic heterocycles. The van der Waals surface area contributed by atoms with E-state index in [4.69, 9.17) is 16.6 Å². The number of nitrogen functional groups attached to an aromatic ring is 1. The standard InChI is InChI=1S/C13H12FN3O2/c14-11-4-7(1-2-8(11)6-18)9-3-10(13(16)19)12(15)17-5-9/h1-5,18H,6H2,(H2,15,17)(H2,16,19). The van der Waals surface area contributed by atoms with Crippen LogP contribution in [0.25, 0.3) is 11.1 Å². The van der Waals surface area contributed by atoms with Crippen molar-refractivity contribution >= 4 is 11.7 Å². The van der Waals surface area contributed by atoms with Crippen LogP contribution in [0.1, 0.15) is 15.9 Å². The van der Waals surface area contributed by atoms with E-state index < -0.39 is 11.7 Å². The van der Waals surface area contributed by atoms with Crippen molar-refractivity contribution < 1.29 is 14.3 Å². The summed E-state index contributed by atoms with van der Waals surface area (Å²) in [5.74, 6) is -1.19. The predicted molar refractivity (Wildman–Crippen MR) is 68.5 cm³/mol. The van der Waals surface area contributed by atoms with E-state index in [1.165, 1.54) is 24.4 Å². The zero-order chi connectivity index (χ0) is 14.0. The van der Waals surface area contributed by atoms with Crippen LogP contribution < -0.4 is 11.5 Å². The largest absolute Gasteiger partial charge is 0.392 e. The molecule has 0 fully saturated rings. The Morgan fingerprint density at radius 2 is 2.05 bits per heavy atom. The van der Waals surface area contributed by atoms with Crippen LogP contribution in [0, 0.1) is 5.82 Å². The van der Waals surface area contributed by atoms with Crippen LogP contribution in [0.4, 0.5) is 10.2 Å². The molecule has 2 aromatic rings. The highest BCUT2D eigenvalue weighted by molar-refractivity contribution is 5.98. The Bertz CT molecular complexity index is 644. The molecule has 2 rings (SSSR count). The van der Waals surface area contributed by atoms with Gasteiger partial charge in [0.15, 0.2) is 0 Å². The molecule has 5 N–H and O–H groups in total. The summed E-state index contributed by atoms with van der Waals surface area (Å²) in [6.07, 6.45) is 1.43. The first kappa shape index (κ1) is 13.0. The van der Waals surface area contributed by atoms with Gasteiger partial charge in [-0.1, -0.05) is 12.1 Å². The van der Waals surface area contributed by atoms with Gasteiger partial charge in [-0.25, -0.2) is 9.37 Å². The molecule has 0 unspecified atom stereocenters. The summed E-state index contributed by atoms with van der Waals surface area (Å²) in [6, 6.07) is 5.79. The third kappa shape index (κ3) is 2.53. The number of anilines is 1. The SMILES string of the molecule is NC(=O)c1cc(-c2ccc(CO)c(F)c2)cnc1N. The Hall–Kier alpha value is -2.47. The zero-order valence-corrected chi connectivity index (χ0v) is 9.93. The molecule has 1 aromatic carbocycles. The minimum atomic E-state index is -0.695. The molecular weight excluding hydrogens is 249 g/mol. The first-order valence-corrected chi connectivity index (χ1v) is 5.48. The number of carbonyl (C=O) groups excluding carboxylic acids is 1. The summed E-state index contributed by atoms with van der Waals surface area (Å²) in [5.41, 5.74) is 12.0. The maximum atomic E-state index is 13.6. The van der Waals surface area contributed by atoms with Crippen molar-refractivity contribution in [2.24, 2.45) is 5.73 Å². The minimum Gasteiger partial charge on any atom is -0.392 e. The van der Waals surface area contributed by atoms with Gasteiger partial charge in [0.05, 0.1) is 12.2 Å².